The number of aromatic nitrogens is 3. The lowest BCUT2D eigenvalue weighted by molar-refractivity contribution is 0.114. The maximum Gasteiger partial charge on any atom is 0.296 e. The standard InChI is InChI=1S/C28H26F3N3O6S/c1-4-40-15-24-33-27(35)25(28(36)34(24)23(14-39-3)18-11-19(29)13-20(30)12-18)41(37,38)21-7-5-17(6-8-21)22-9-10-32-26(31)16(22)2/h5-13,23,36H,4,14-15H2,1-3H3/t23-/m0/s1. The molecule has 0 fully saturated rings. The molecule has 0 aliphatic carbocycles. The number of halogens is 3. The largest absolute Gasteiger partial charge is 0.493 e. The van der Waals surface area contributed by atoms with Crippen LogP contribution in [-0.2, 0) is 25.9 Å². The highest BCUT2D eigenvalue weighted by Gasteiger charge is 2.32. The van der Waals surface area contributed by atoms with Gasteiger partial charge in [0, 0.05) is 31.5 Å². The second kappa shape index (κ2) is 12.2. The minimum atomic E-state index is -4.69. The molecule has 216 valence electrons. The van der Waals surface area contributed by atoms with E-state index < -0.39 is 49.8 Å². The summed E-state index contributed by atoms with van der Waals surface area (Å²) in [4.78, 5) is 19.1. The van der Waals surface area contributed by atoms with Crippen LogP contribution in [-0.4, -0.2) is 48.4 Å². The molecule has 4 aromatic rings. The van der Waals surface area contributed by atoms with Gasteiger partial charge < -0.3 is 14.6 Å². The highest BCUT2D eigenvalue weighted by molar-refractivity contribution is 7.91. The molecule has 0 amide bonds. The van der Waals surface area contributed by atoms with Gasteiger partial charge in [-0.3, -0.25) is 9.36 Å². The van der Waals surface area contributed by atoms with Crippen molar-refractivity contribution in [2.45, 2.75) is 36.3 Å². The third-order valence-corrected chi connectivity index (χ3v) is 8.15. The molecule has 2 heterocycles. The van der Waals surface area contributed by atoms with Gasteiger partial charge in [-0.2, -0.15) is 9.37 Å². The number of hydrogen-bond donors (Lipinski definition) is 1. The predicted molar refractivity (Wildman–Crippen MR) is 142 cm³/mol. The van der Waals surface area contributed by atoms with Gasteiger partial charge in [-0.05, 0) is 60.9 Å². The van der Waals surface area contributed by atoms with Gasteiger partial charge in [0.05, 0.1) is 17.5 Å². The number of nitrogens with zero attached hydrogens (tertiary/aromatic N) is 3. The van der Waals surface area contributed by atoms with Crippen molar-refractivity contribution in [2.75, 3.05) is 20.3 Å². The minimum absolute atomic E-state index is 0.0181. The Morgan fingerprint density at radius 1 is 1.05 bits per heavy atom. The van der Waals surface area contributed by atoms with E-state index in [1.807, 2.05) is 0 Å². The van der Waals surface area contributed by atoms with Crippen LogP contribution in [0.2, 0.25) is 0 Å². The number of rotatable bonds is 10. The number of pyridine rings is 1. The summed E-state index contributed by atoms with van der Waals surface area (Å²) in [5.41, 5.74) is -0.0430. The van der Waals surface area contributed by atoms with Gasteiger partial charge in [0.25, 0.3) is 5.56 Å². The van der Waals surface area contributed by atoms with Crippen LogP contribution >= 0.6 is 0 Å². The number of sulfone groups is 1. The van der Waals surface area contributed by atoms with E-state index in [0.717, 1.165) is 16.7 Å². The topological polar surface area (TPSA) is 121 Å². The number of benzene rings is 2. The molecule has 4 rings (SSSR count). The summed E-state index contributed by atoms with van der Waals surface area (Å²) in [5, 5.41) is 11.3. The molecule has 13 heteroatoms. The molecule has 0 unspecified atom stereocenters. The summed E-state index contributed by atoms with van der Waals surface area (Å²) in [7, 11) is -3.39. The lowest BCUT2D eigenvalue weighted by atomic mass is 10.0. The van der Waals surface area contributed by atoms with Crippen molar-refractivity contribution in [1.29, 1.82) is 0 Å². The second-order valence-electron chi connectivity index (χ2n) is 8.97. The van der Waals surface area contributed by atoms with E-state index in [-0.39, 0.29) is 41.7 Å². The van der Waals surface area contributed by atoms with Crippen molar-refractivity contribution in [2.24, 2.45) is 0 Å². The highest BCUT2D eigenvalue weighted by atomic mass is 32.2. The minimum Gasteiger partial charge on any atom is -0.493 e. The quantitative estimate of drug-likeness (QED) is 0.271. The Hall–Kier alpha value is -4.07. The van der Waals surface area contributed by atoms with Crippen LogP contribution in [0.15, 0.2) is 69.3 Å². The summed E-state index contributed by atoms with van der Waals surface area (Å²) in [5.74, 6) is -3.71. The van der Waals surface area contributed by atoms with E-state index in [2.05, 4.69) is 9.97 Å². The maximum absolute atomic E-state index is 14.1. The van der Waals surface area contributed by atoms with Crippen LogP contribution in [0.1, 0.15) is 29.9 Å². The molecule has 1 N–H and O–H groups in total. The Bertz CT molecular complexity index is 1720. The van der Waals surface area contributed by atoms with Crippen LogP contribution in [0.3, 0.4) is 0 Å². The highest BCUT2D eigenvalue weighted by Crippen LogP contribution is 2.33. The fourth-order valence-electron chi connectivity index (χ4n) is 4.41. The first kappa shape index (κ1) is 29.9. The van der Waals surface area contributed by atoms with Crippen LogP contribution < -0.4 is 5.56 Å². The second-order valence-corrected chi connectivity index (χ2v) is 10.9. The third-order valence-electron chi connectivity index (χ3n) is 6.36. The normalized spacial score (nSPS) is 12.4. The van der Waals surface area contributed by atoms with E-state index in [0.29, 0.717) is 17.2 Å². The van der Waals surface area contributed by atoms with Crippen molar-refractivity contribution in [3.63, 3.8) is 0 Å². The monoisotopic (exact) mass is 589 g/mol. The predicted octanol–water partition coefficient (Wildman–Crippen LogP) is 4.34. The molecule has 2 aromatic heterocycles. The van der Waals surface area contributed by atoms with E-state index >= 15 is 0 Å². The van der Waals surface area contributed by atoms with E-state index in [1.165, 1.54) is 44.5 Å². The smallest absolute Gasteiger partial charge is 0.296 e. The number of aromatic hydroxyl groups is 1. The summed E-state index contributed by atoms with van der Waals surface area (Å²) in [6, 6.07) is 8.25. The first-order valence-electron chi connectivity index (χ1n) is 12.3. The SMILES string of the molecule is CCOCc1nc(=O)c(S(=O)(=O)c2ccc(-c3ccnc(F)c3C)cc2)c(O)n1[C@@H](COC)c1cc(F)cc(F)c1. The van der Waals surface area contributed by atoms with Gasteiger partial charge >= 0.3 is 0 Å². The number of methoxy groups -OCH3 is 1. The average molecular weight is 590 g/mol. The fraction of sp³-hybridized carbons (Fsp3) is 0.250. The molecule has 9 nitrogen and oxygen atoms in total. The molecule has 0 spiro atoms. The Morgan fingerprint density at radius 2 is 1.71 bits per heavy atom. The lowest BCUT2D eigenvalue weighted by Gasteiger charge is -2.25. The zero-order valence-electron chi connectivity index (χ0n) is 22.3. The molecule has 1 atom stereocenters. The summed E-state index contributed by atoms with van der Waals surface area (Å²) in [6.07, 6.45) is 1.28. The van der Waals surface area contributed by atoms with Gasteiger partial charge in [0.2, 0.25) is 21.7 Å². The first-order chi connectivity index (χ1) is 19.5. The Balaban J connectivity index is 1.90. The van der Waals surface area contributed by atoms with Crippen molar-refractivity contribution < 1.29 is 36.2 Å². The summed E-state index contributed by atoms with van der Waals surface area (Å²) < 4.78 is 81.1. The third kappa shape index (κ3) is 6.01. The van der Waals surface area contributed by atoms with Gasteiger partial charge in [-0.15, -0.1) is 0 Å². The summed E-state index contributed by atoms with van der Waals surface area (Å²) in [6.45, 7) is 2.78. The molecular weight excluding hydrogens is 563 g/mol. The molecule has 0 aliphatic heterocycles. The van der Waals surface area contributed by atoms with E-state index in [4.69, 9.17) is 9.47 Å². The zero-order valence-corrected chi connectivity index (χ0v) is 23.1. The van der Waals surface area contributed by atoms with Gasteiger partial charge in [0.1, 0.15) is 24.1 Å². The van der Waals surface area contributed by atoms with E-state index in [1.54, 1.807) is 13.0 Å². The lowest BCUT2D eigenvalue weighted by Crippen LogP contribution is -2.29. The van der Waals surface area contributed by atoms with Gasteiger partial charge in [-0.25, -0.2) is 22.2 Å². The van der Waals surface area contributed by atoms with Crippen molar-refractivity contribution in [3.8, 4) is 17.0 Å². The van der Waals surface area contributed by atoms with Crippen molar-refractivity contribution >= 4 is 9.84 Å². The molecule has 0 saturated heterocycles. The molecule has 2 aromatic carbocycles. The number of ether oxygens (including phenoxy) is 2. The maximum atomic E-state index is 14.1. The molecular formula is C28H26F3N3O6S. The van der Waals surface area contributed by atoms with E-state index in [9.17, 15) is 31.5 Å². The Labute approximate surface area is 233 Å². The number of hydrogen-bond acceptors (Lipinski definition) is 8. The van der Waals surface area contributed by atoms with Crippen LogP contribution in [0.4, 0.5) is 13.2 Å². The Morgan fingerprint density at radius 3 is 2.32 bits per heavy atom. The first-order valence-corrected chi connectivity index (χ1v) is 13.8. The Kier molecular flexibility index (Phi) is 8.90. The van der Waals surface area contributed by atoms with Gasteiger partial charge in [-0.1, -0.05) is 12.1 Å². The molecule has 0 aliphatic rings. The molecule has 0 bridgehead atoms. The van der Waals surface area contributed by atoms with Crippen LogP contribution in [0, 0.1) is 24.5 Å². The molecule has 41 heavy (non-hydrogen) atoms. The summed E-state index contributed by atoms with van der Waals surface area (Å²) >= 11 is 0. The zero-order chi connectivity index (χ0) is 29.9. The van der Waals surface area contributed by atoms with Crippen molar-refractivity contribution in [3.05, 3.63) is 99.6 Å². The average Bonchev–Trinajstić information content (AvgIpc) is 2.92. The van der Waals surface area contributed by atoms with Crippen molar-refractivity contribution in [1.82, 2.24) is 14.5 Å². The van der Waals surface area contributed by atoms with Crippen LogP contribution in [0.5, 0.6) is 5.88 Å². The molecule has 0 saturated carbocycles. The van der Waals surface area contributed by atoms with Gasteiger partial charge in [0.15, 0.2) is 4.90 Å². The fourth-order valence-corrected chi connectivity index (χ4v) is 5.75. The molecule has 0 radical (unpaired) electrons. The van der Waals surface area contributed by atoms with Crippen LogP contribution in [0.25, 0.3) is 11.1 Å².